The molecule has 0 bridgehead atoms. The fourth-order valence-corrected chi connectivity index (χ4v) is 2.34. The smallest absolute Gasteiger partial charge is 0.309 e. The van der Waals surface area contributed by atoms with Gasteiger partial charge in [-0.05, 0) is 17.5 Å². The number of nitrogens with zero attached hydrogens (tertiary/aromatic N) is 1. The zero-order chi connectivity index (χ0) is 15.5. The average molecular weight is 291 g/mol. The number of aromatic nitrogens is 1. The van der Waals surface area contributed by atoms with E-state index in [-0.39, 0.29) is 11.7 Å². The molecule has 1 aromatic heterocycles. The SMILES string of the molecule is CC(=O)Oc1nccc2c(C(=O)c3ccccc3)cccc12. The van der Waals surface area contributed by atoms with E-state index in [1.54, 1.807) is 36.4 Å². The molecule has 22 heavy (non-hydrogen) atoms. The van der Waals surface area contributed by atoms with Crippen molar-refractivity contribution in [2.75, 3.05) is 0 Å². The Bertz CT molecular complexity index is 857. The number of benzene rings is 2. The second-order valence-corrected chi connectivity index (χ2v) is 4.81. The zero-order valence-electron chi connectivity index (χ0n) is 11.9. The van der Waals surface area contributed by atoms with E-state index >= 15 is 0 Å². The summed E-state index contributed by atoms with van der Waals surface area (Å²) in [5, 5.41) is 1.35. The van der Waals surface area contributed by atoms with Crippen LogP contribution in [0.3, 0.4) is 0 Å². The van der Waals surface area contributed by atoms with Crippen LogP contribution in [0.25, 0.3) is 10.8 Å². The van der Waals surface area contributed by atoms with Gasteiger partial charge < -0.3 is 4.74 Å². The number of carbonyl (C=O) groups is 2. The Morgan fingerprint density at radius 1 is 0.909 bits per heavy atom. The molecule has 0 unspecified atom stereocenters. The molecule has 0 aliphatic carbocycles. The van der Waals surface area contributed by atoms with Crippen molar-refractivity contribution in [3.8, 4) is 5.88 Å². The van der Waals surface area contributed by atoms with Gasteiger partial charge in [-0.2, -0.15) is 0 Å². The van der Waals surface area contributed by atoms with Crippen molar-refractivity contribution in [3.63, 3.8) is 0 Å². The van der Waals surface area contributed by atoms with Crippen LogP contribution in [0.5, 0.6) is 5.88 Å². The first-order valence-electron chi connectivity index (χ1n) is 6.83. The van der Waals surface area contributed by atoms with Gasteiger partial charge in [-0.3, -0.25) is 9.59 Å². The van der Waals surface area contributed by atoms with Gasteiger partial charge in [0.25, 0.3) is 0 Å². The Balaban J connectivity index is 2.15. The molecule has 4 heteroatoms. The summed E-state index contributed by atoms with van der Waals surface area (Å²) in [6.45, 7) is 1.32. The lowest BCUT2D eigenvalue weighted by atomic mass is 9.98. The lowest BCUT2D eigenvalue weighted by molar-refractivity contribution is -0.132. The van der Waals surface area contributed by atoms with Crippen LogP contribution >= 0.6 is 0 Å². The van der Waals surface area contributed by atoms with Gasteiger partial charge in [0, 0.05) is 29.6 Å². The van der Waals surface area contributed by atoms with E-state index < -0.39 is 5.97 Å². The van der Waals surface area contributed by atoms with E-state index in [0.717, 1.165) is 0 Å². The number of hydrogen-bond acceptors (Lipinski definition) is 4. The number of rotatable bonds is 3. The number of fused-ring (bicyclic) bond motifs is 1. The summed E-state index contributed by atoms with van der Waals surface area (Å²) < 4.78 is 5.11. The molecule has 0 fully saturated rings. The molecule has 4 nitrogen and oxygen atoms in total. The highest BCUT2D eigenvalue weighted by Gasteiger charge is 2.15. The van der Waals surface area contributed by atoms with Crippen molar-refractivity contribution >= 4 is 22.5 Å². The molecule has 0 amide bonds. The summed E-state index contributed by atoms with van der Waals surface area (Å²) in [7, 11) is 0. The average Bonchev–Trinajstić information content (AvgIpc) is 2.54. The predicted molar refractivity (Wildman–Crippen MR) is 82.9 cm³/mol. The van der Waals surface area contributed by atoms with Crippen LogP contribution in [0, 0.1) is 0 Å². The van der Waals surface area contributed by atoms with Crippen molar-refractivity contribution in [2.24, 2.45) is 0 Å². The Morgan fingerprint density at radius 3 is 2.41 bits per heavy atom. The minimum Gasteiger partial charge on any atom is -0.407 e. The van der Waals surface area contributed by atoms with Crippen LogP contribution in [-0.2, 0) is 4.79 Å². The van der Waals surface area contributed by atoms with Gasteiger partial charge >= 0.3 is 5.97 Å². The predicted octanol–water partition coefficient (Wildman–Crippen LogP) is 3.39. The Hall–Kier alpha value is -3.01. The maximum atomic E-state index is 12.7. The molecule has 0 radical (unpaired) electrons. The summed E-state index contributed by atoms with van der Waals surface area (Å²) in [5.74, 6) is -0.307. The van der Waals surface area contributed by atoms with Crippen molar-refractivity contribution < 1.29 is 14.3 Å². The van der Waals surface area contributed by atoms with Gasteiger partial charge in [0.15, 0.2) is 5.78 Å². The molecule has 0 atom stereocenters. The van der Waals surface area contributed by atoms with Gasteiger partial charge in [0.2, 0.25) is 5.88 Å². The minimum absolute atomic E-state index is 0.0776. The van der Waals surface area contributed by atoms with E-state index in [1.807, 2.05) is 18.2 Å². The fourth-order valence-electron chi connectivity index (χ4n) is 2.34. The van der Waals surface area contributed by atoms with Crippen molar-refractivity contribution in [1.29, 1.82) is 0 Å². The van der Waals surface area contributed by atoms with Crippen LogP contribution in [-0.4, -0.2) is 16.7 Å². The van der Waals surface area contributed by atoms with E-state index in [9.17, 15) is 9.59 Å². The third-order valence-electron chi connectivity index (χ3n) is 3.29. The van der Waals surface area contributed by atoms with Crippen LogP contribution in [0.2, 0.25) is 0 Å². The number of hydrogen-bond donors (Lipinski definition) is 0. The molecule has 0 saturated carbocycles. The van der Waals surface area contributed by atoms with Crippen molar-refractivity contribution in [2.45, 2.75) is 6.92 Å². The Morgan fingerprint density at radius 2 is 1.68 bits per heavy atom. The van der Waals surface area contributed by atoms with E-state index in [1.165, 1.54) is 13.1 Å². The summed E-state index contributed by atoms with van der Waals surface area (Å²) in [6, 6.07) is 16.1. The highest BCUT2D eigenvalue weighted by molar-refractivity contribution is 6.16. The van der Waals surface area contributed by atoms with E-state index in [0.29, 0.717) is 21.9 Å². The normalized spacial score (nSPS) is 10.4. The largest absolute Gasteiger partial charge is 0.407 e. The summed E-state index contributed by atoms with van der Waals surface area (Å²) in [4.78, 5) is 27.9. The molecule has 3 rings (SSSR count). The molecule has 0 spiro atoms. The van der Waals surface area contributed by atoms with Gasteiger partial charge in [0.05, 0.1) is 0 Å². The number of ether oxygens (including phenoxy) is 1. The second kappa shape index (κ2) is 5.77. The lowest BCUT2D eigenvalue weighted by Crippen LogP contribution is -2.05. The highest BCUT2D eigenvalue weighted by atomic mass is 16.5. The molecule has 108 valence electrons. The van der Waals surface area contributed by atoms with Crippen LogP contribution in [0.4, 0.5) is 0 Å². The van der Waals surface area contributed by atoms with Crippen LogP contribution < -0.4 is 4.74 Å². The summed E-state index contributed by atoms with van der Waals surface area (Å²) in [5.41, 5.74) is 1.17. The maximum Gasteiger partial charge on any atom is 0.309 e. The molecule has 0 aliphatic heterocycles. The quantitative estimate of drug-likeness (QED) is 0.548. The summed E-state index contributed by atoms with van der Waals surface area (Å²) in [6.07, 6.45) is 1.53. The molecule has 0 aliphatic rings. The van der Waals surface area contributed by atoms with Gasteiger partial charge in [-0.1, -0.05) is 42.5 Å². The molecule has 1 heterocycles. The van der Waals surface area contributed by atoms with Gasteiger partial charge in [0.1, 0.15) is 0 Å². The fraction of sp³-hybridized carbons (Fsp3) is 0.0556. The zero-order valence-corrected chi connectivity index (χ0v) is 11.9. The van der Waals surface area contributed by atoms with Crippen LogP contribution in [0.15, 0.2) is 60.8 Å². The third kappa shape index (κ3) is 2.59. The maximum absolute atomic E-state index is 12.7. The van der Waals surface area contributed by atoms with Crippen molar-refractivity contribution in [1.82, 2.24) is 4.98 Å². The molecular weight excluding hydrogens is 278 g/mol. The molecule has 2 aromatic carbocycles. The minimum atomic E-state index is -0.445. The van der Waals surface area contributed by atoms with Crippen molar-refractivity contribution in [3.05, 3.63) is 71.9 Å². The molecule has 0 N–H and O–H groups in total. The first-order chi connectivity index (χ1) is 10.7. The Labute approximate surface area is 127 Å². The van der Waals surface area contributed by atoms with Gasteiger partial charge in [-0.15, -0.1) is 0 Å². The van der Waals surface area contributed by atoms with E-state index in [2.05, 4.69) is 4.98 Å². The number of esters is 1. The number of ketones is 1. The Kier molecular flexibility index (Phi) is 3.66. The number of carbonyl (C=O) groups excluding carboxylic acids is 2. The molecule has 0 saturated heterocycles. The standard InChI is InChI=1S/C18H13NO3/c1-12(20)22-18-16-9-5-8-15(14(16)10-11-19-18)17(21)13-6-3-2-4-7-13/h2-11H,1H3. The summed E-state index contributed by atoms with van der Waals surface area (Å²) >= 11 is 0. The number of pyridine rings is 1. The van der Waals surface area contributed by atoms with E-state index in [4.69, 9.17) is 4.74 Å². The topological polar surface area (TPSA) is 56.3 Å². The second-order valence-electron chi connectivity index (χ2n) is 4.81. The molecular formula is C18H13NO3. The van der Waals surface area contributed by atoms with Gasteiger partial charge in [-0.25, -0.2) is 4.98 Å². The molecule has 3 aromatic rings. The first-order valence-corrected chi connectivity index (χ1v) is 6.83. The van der Waals surface area contributed by atoms with Crippen LogP contribution in [0.1, 0.15) is 22.8 Å². The first kappa shape index (κ1) is 13.9. The lowest BCUT2D eigenvalue weighted by Gasteiger charge is -2.08. The monoisotopic (exact) mass is 291 g/mol. The highest BCUT2D eigenvalue weighted by Crippen LogP contribution is 2.27. The third-order valence-corrected chi connectivity index (χ3v) is 3.29.